The summed E-state index contributed by atoms with van der Waals surface area (Å²) in [4.78, 5) is 127. The molecule has 3 saturated carbocycles. The van der Waals surface area contributed by atoms with Crippen molar-refractivity contribution in [1.29, 1.82) is 0 Å². The van der Waals surface area contributed by atoms with Gasteiger partial charge >= 0.3 is 36.2 Å². The number of hydrogen-bond donors (Lipinski definition) is 2. The van der Waals surface area contributed by atoms with Gasteiger partial charge in [0.1, 0.15) is 36.4 Å². The maximum atomic E-state index is 13.8. The molecule has 3 aliphatic carbocycles. The number of carbonyl (C=O) groups is 6. The zero-order chi connectivity index (χ0) is 91.0. The average molecular weight is 1740 g/mol. The van der Waals surface area contributed by atoms with Crippen molar-refractivity contribution >= 4 is 105 Å². The van der Waals surface area contributed by atoms with Crippen LogP contribution in [0.1, 0.15) is 270 Å². The molecule has 10 aromatic rings. The zero-order valence-corrected chi connectivity index (χ0v) is 77.4. The predicted octanol–water partition coefficient (Wildman–Crippen LogP) is 20.1. The summed E-state index contributed by atoms with van der Waals surface area (Å²) < 4.78 is 37.8. The zero-order valence-electron chi connectivity index (χ0n) is 77.4. The molecule has 0 bridgehead atoms. The molecule has 0 spiro atoms. The summed E-state index contributed by atoms with van der Waals surface area (Å²) in [6.07, 6.45) is 23.7. The third-order valence-corrected chi connectivity index (χ3v) is 22.1. The number of fused-ring (bicyclic) bond motifs is 3. The van der Waals surface area contributed by atoms with E-state index < -0.39 is 53.0 Å². The first kappa shape index (κ1) is 95.8. The molecule has 0 saturated heterocycles. The molecule has 0 radical (unpaired) electrons. The number of amides is 3. The highest BCUT2D eigenvalue weighted by atomic mass is 16.6. The number of rotatable bonds is 31. The molecule has 6 heterocycles. The first-order valence-electron chi connectivity index (χ1n) is 45.5. The topological polar surface area (TPSA) is 326 Å². The molecule has 30 nitrogen and oxygen atoms in total. The molecular weight excluding hydrogens is 1610 g/mol. The number of benzene rings is 4. The number of esters is 3. The van der Waals surface area contributed by atoms with Crippen molar-refractivity contribution in [2.24, 2.45) is 5.92 Å². The standard InChI is InChI=1S/C35H44N6O4.C32H46N6O4.C30H42N6O4/c1-6-44-29(42)23-40-24-36-30-31(39(5)21-25-13-9-7-10-14-25)37-33(38-32(30)40)41(34(43)45-35(2,3)4)22-26-17-19-28(20-18-26)27-15-11-8-12-16-27;1-7-41-26(39)20-37-21-34-27-28(33-18-17-22(2)3)35-30(36-29(27)37)38(31(40)42-32(4,5)6)19-23-13-15-25(16-14-23)24-11-9-8-10-12-24;1-6-17-31-26-25-27(35(20-32-25)19-24(37)39-7-2)34-28(33-26)36(29(38)40-30(3,4)5)18-21-13-15-23(16-14-21)22-11-9-8-10-12-22/h7,9-10,13-14,17-20,24,27H,6,8,11-12,15-16,21-23H2,1-5H3;13-16,21-22,24H,7-12,17-20H2,1-6H3,(H,33,35,36);13-16,20,22H,6-12,17-19H2,1-5H3,(H,31,33,34). The minimum absolute atomic E-state index is 0.0525. The van der Waals surface area contributed by atoms with E-state index in [9.17, 15) is 28.8 Å². The van der Waals surface area contributed by atoms with Crippen LogP contribution < -0.4 is 30.2 Å². The summed E-state index contributed by atoms with van der Waals surface area (Å²) in [5.74, 6) is 3.10. The van der Waals surface area contributed by atoms with E-state index in [4.69, 9.17) is 58.3 Å². The Morgan fingerprint density at radius 1 is 0.402 bits per heavy atom. The van der Waals surface area contributed by atoms with Gasteiger partial charge in [0.25, 0.3) is 0 Å². The van der Waals surface area contributed by atoms with Gasteiger partial charge < -0.3 is 57.7 Å². The van der Waals surface area contributed by atoms with Gasteiger partial charge in [0.15, 0.2) is 50.9 Å². The lowest BCUT2D eigenvalue weighted by Gasteiger charge is -2.27. The number of hydrogen-bond acceptors (Lipinski definition) is 24. The molecule has 30 heteroatoms. The first-order chi connectivity index (χ1) is 60.8. The normalized spacial score (nSPS) is 14.1. The van der Waals surface area contributed by atoms with Crippen molar-refractivity contribution in [3.63, 3.8) is 0 Å². The minimum atomic E-state index is -0.733. The Morgan fingerprint density at radius 3 is 1.04 bits per heavy atom. The molecule has 0 unspecified atom stereocenters. The Kier molecular flexibility index (Phi) is 34.0. The Hall–Kier alpha value is -11.9. The predicted molar refractivity (Wildman–Crippen MR) is 495 cm³/mol. The van der Waals surface area contributed by atoms with Crippen molar-refractivity contribution in [3.8, 4) is 0 Å². The molecule has 127 heavy (non-hydrogen) atoms. The van der Waals surface area contributed by atoms with Crippen molar-refractivity contribution in [3.05, 3.63) is 161 Å². The van der Waals surface area contributed by atoms with Crippen LogP contribution in [0.15, 0.2) is 122 Å². The molecule has 4 aromatic carbocycles. The molecule has 0 atom stereocenters. The number of nitrogens with one attached hydrogen (secondary N) is 2. The molecule has 6 aromatic heterocycles. The van der Waals surface area contributed by atoms with Crippen LogP contribution in [0.2, 0.25) is 0 Å². The van der Waals surface area contributed by atoms with E-state index in [1.807, 2.05) is 105 Å². The Morgan fingerprint density at radius 2 is 0.717 bits per heavy atom. The fraction of sp³-hybridized carbons (Fsp3) is 0.536. The second kappa shape index (κ2) is 45.0. The van der Waals surface area contributed by atoms with Crippen LogP contribution in [0.25, 0.3) is 33.5 Å². The third kappa shape index (κ3) is 27.8. The summed E-state index contributed by atoms with van der Waals surface area (Å²) in [6.45, 7) is 31.3. The van der Waals surface area contributed by atoms with Crippen LogP contribution in [-0.2, 0) is 88.6 Å². The van der Waals surface area contributed by atoms with E-state index >= 15 is 0 Å². The minimum Gasteiger partial charge on any atom is -0.465 e. The van der Waals surface area contributed by atoms with Gasteiger partial charge in [-0.25, -0.2) is 44.0 Å². The van der Waals surface area contributed by atoms with Crippen LogP contribution in [0.4, 0.5) is 49.7 Å². The maximum absolute atomic E-state index is 13.8. The van der Waals surface area contributed by atoms with Gasteiger partial charge in [0.2, 0.25) is 17.8 Å². The van der Waals surface area contributed by atoms with Gasteiger partial charge in [0, 0.05) is 26.7 Å². The molecule has 682 valence electrons. The van der Waals surface area contributed by atoms with Crippen molar-refractivity contribution in [1.82, 2.24) is 58.6 Å². The number of anilines is 6. The lowest BCUT2D eigenvalue weighted by molar-refractivity contribution is -0.144. The smallest absolute Gasteiger partial charge is 0.417 e. The molecule has 3 fully saturated rings. The fourth-order valence-electron chi connectivity index (χ4n) is 15.8. The average Bonchev–Trinajstić information content (AvgIpc) is 1.68. The van der Waals surface area contributed by atoms with Crippen LogP contribution in [0, 0.1) is 5.92 Å². The van der Waals surface area contributed by atoms with E-state index in [1.165, 1.54) is 128 Å². The Bertz CT molecular complexity index is 5250. The molecule has 13 rings (SSSR count). The SMILES string of the molecule is CCCNc1nc(N(Cc2ccc(C3CCCCC3)cc2)C(=O)OC(C)(C)C)nc2c1ncn2CC(=O)OCC.CCOC(=O)Cn1cnc2c(N(C)Cc3ccccc3)nc(N(Cc3ccc(C4CCCCC4)cc3)C(=O)OC(C)(C)C)nc21.CCOC(=O)Cn1cnc2c(NCCC(C)C)nc(N(Cc3ccc(C4CCCCC4)cc3)C(=O)OC(C)(C)C)nc21. The highest BCUT2D eigenvalue weighted by Gasteiger charge is 2.34. The number of carbonyl (C=O) groups excluding carboxylic acids is 6. The summed E-state index contributed by atoms with van der Waals surface area (Å²) in [5.41, 5.74) is 8.61. The van der Waals surface area contributed by atoms with Crippen LogP contribution in [-0.4, -0.2) is 152 Å². The Labute approximate surface area is 747 Å². The van der Waals surface area contributed by atoms with Crippen LogP contribution in [0.3, 0.4) is 0 Å². The monoisotopic (exact) mass is 1740 g/mol. The second-order valence-electron chi connectivity index (χ2n) is 36.4. The van der Waals surface area contributed by atoms with E-state index in [0.717, 1.165) is 35.1 Å². The lowest BCUT2D eigenvalue weighted by atomic mass is 9.84. The molecular formula is C97H132N18O12. The number of aromatic nitrogens is 12. The largest absolute Gasteiger partial charge is 0.465 e. The third-order valence-electron chi connectivity index (χ3n) is 22.1. The van der Waals surface area contributed by atoms with Crippen molar-refractivity contribution < 1.29 is 57.2 Å². The van der Waals surface area contributed by atoms with E-state index in [-0.39, 0.29) is 76.9 Å². The highest BCUT2D eigenvalue weighted by molar-refractivity contribution is 5.93. The number of nitrogens with zero attached hydrogens (tertiary/aromatic N) is 16. The van der Waals surface area contributed by atoms with E-state index in [0.29, 0.717) is 94.3 Å². The first-order valence-corrected chi connectivity index (χ1v) is 45.5. The van der Waals surface area contributed by atoms with Gasteiger partial charge in [-0.1, -0.05) is 182 Å². The number of imidazole rings is 3. The van der Waals surface area contributed by atoms with Crippen LogP contribution >= 0.6 is 0 Å². The fourth-order valence-corrected chi connectivity index (χ4v) is 15.8. The van der Waals surface area contributed by atoms with Gasteiger partial charge in [-0.2, -0.15) is 29.9 Å². The highest BCUT2D eigenvalue weighted by Crippen LogP contribution is 2.38. The maximum Gasteiger partial charge on any atom is 0.417 e. The van der Waals surface area contributed by atoms with Gasteiger partial charge in [-0.3, -0.25) is 14.4 Å². The summed E-state index contributed by atoms with van der Waals surface area (Å²) in [6, 6.07) is 35.5. The summed E-state index contributed by atoms with van der Waals surface area (Å²) in [5, 5.41) is 6.68. The van der Waals surface area contributed by atoms with Crippen LogP contribution in [0.5, 0.6) is 0 Å². The van der Waals surface area contributed by atoms with Crippen molar-refractivity contribution in [2.75, 3.05) is 70.2 Å². The Balaban J connectivity index is 0.000000185. The van der Waals surface area contributed by atoms with E-state index in [2.05, 4.69) is 119 Å². The van der Waals surface area contributed by atoms with E-state index in [1.54, 1.807) is 53.5 Å². The molecule has 3 amide bonds. The molecule has 0 aliphatic heterocycles. The summed E-state index contributed by atoms with van der Waals surface area (Å²) in [7, 11) is 1.92. The molecule has 2 N–H and O–H groups in total. The number of ether oxygens (including phenoxy) is 6. The van der Waals surface area contributed by atoms with Gasteiger partial charge in [-0.05, 0) is 197 Å². The quantitative estimate of drug-likeness (QED) is 0.0301. The second-order valence-corrected chi connectivity index (χ2v) is 36.4. The van der Waals surface area contributed by atoms with Crippen molar-refractivity contribution in [2.45, 2.75) is 293 Å². The summed E-state index contributed by atoms with van der Waals surface area (Å²) >= 11 is 0. The van der Waals surface area contributed by atoms with Gasteiger partial charge in [-0.15, -0.1) is 0 Å². The van der Waals surface area contributed by atoms with Gasteiger partial charge in [0.05, 0.1) is 58.4 Å². The molecule has 3 aliphatic rings. The lowest BCUT2D eigenvalue weighted by Crippen LogP contribution is -2.38.